The van der Waals surface area contributed by atoms with Gasteiger partial charge in [-0.2, -0.15) is 0 Å². The summed E-state index contributed by atoms with van der Waals surface area (Å²) in [4.78, 5) is 29.1. The van der Waals surface area contributed by atoms with E-state index in [-0.39, 0.29) is 24.3 Å². The van der Waals surface area contributed by atoms with Crippen LogP contribution >= 0.6 is 0 Å². The van der Waals surface area contributed by atoms with Crippen LogP contribution in [0.2, 0.25) is 0 Å². The zero-order valence-corrected chi connectivity index (χ0v) is 12.8. The van der Waals surface area contributed by atoms with E-state index in [1.807, 2.05) is 0 Å². The first kappa shape index (κ1) is 15.7. The normalized spacial score (nSPS) is 23.0. The number of likely N-dealkylation sites (tertiary alicyclic amines) is 1. The molecular weight excluding hydrogens is 305 g/mol. The Labute approximate surface area is 132 Å². The molecule has 23 heavy (non-hydrogen) atoms. The summed E-state index contributed by atoms with van der Waals surface area (Å²) in [7, 11) is 0. The van der Waals surface area contributed by atoms with E-state index in [0.29, 0.717) is 25.9 Å². The van der Waals surface area contributed by atoms with E-state index in [9.17, 15) is 14.0 Å². The zero-order chi connectivity index (χ0) is 16.4. The smallest absolute Gasteiger partial charge is 0.260 e. The van der Waals surface area contributed by atoms with Crippen LogP contribution in [-0.2, 0) is 14.3 Å². The number of nitrogens with one attached hydrogen (secondary N) is 1. The van der Waals surface area contributed by atoms with Crippen molar-refractivity contribution >= 4 is 11.8 Å². The summed E-state index contributed by atoms with van der Waals surface area (Å²) in [5.41, 5.74) is -0.646. The summed E-state index contributed by atoms with van der Waals surface area (Å²) in [6, 6.07) is 2.59. The van der Waals surface area contributed by atoms with Gasteiger partial charge in [-0.3, -0.25) is 9.59 Å². The molecule has 2 aliphatic rings. The number of aromatic nitrogens is 1. The predicted molar refractivity (Wildman–Crippen MR) is 76.9 cm³/mol. The summed E-state index contributed by atoms with van der Waals surface area (Å²) in [6.45, 7) is 2.51. The van der Waals surface area contributed by atoms with E-state index < -0.39 is 17.6 Å². The quantitative estimate of drug-likeness (QED) is 0.874. The van der Waals surface area contributed by atoms with Crippen LogP contribution in [0.25, 0.3) is 0 Å². The monoisotopic (exact) mass is 323 g/mol. The van der Waals surface area contributed by atoms with Gasteiger partial charge in [-0.25, -0.2) is 9.37 Å². The van der Waals surface area contributed by atoms with Gasteiger partial charge < -0.3 is 19.7 Å². The number of hydrogen-bond acceptors (Lipinski definition) is 5. The van der Waals surface area contributed by atoms with Crippen molar-refractivity contribution in [3.8, 4) is 5.88 Å². The topological polar surface area (TPSA) is 80.8 Å². The molecule has 3 heterocycles. The number of ether oxygens (including phenoxy) is 2. The Hall–Kier alpha value is -2.22. The largest absolute Gasteiger partial charge is 0.468 e. The van der Waals surface area contributed by atoms with Gasteiger partial charge in [-0.05, 0) is 13.0 Å². The van der Waals surface area contributed by atoms with Gasteiger partial charge in [0, 0.05) is 32.0 Å². The van der Waals surface area contributed by atoms with Gasteiger partial charge in [0.15, 0.2) is 6.61 Å². The summed E-state index contributed by atoms with van der Waals surface area (Å²) in [5, 5.41) is 2.87. The zero-order valence-electron chi connectivity index (χ0n) is 12.8. The molecule has 2 saturated heterocycles. The molecule has 0 bridgehead atoms. The van der Waals surface area contributed by atoms with Crippen LogP contribution in [-0.4, -0.2) is 53.2 Å². The number of halogens is 1. The highest BCUT2D eigenvalue weighted by Gasteiger charge is 2.45. The van der Waals surface area contributed by atoms with Crippen LogP contribution in [0.5, 0.6) is 5.88 Å². The average molecular weight is 323 g/mol. The standard InChI is InChI=1S/C15H18FN3O4/c1-10-14(21)18-15(23-10)4-6-19(7-5-15)13(20)9-22-12-3-2-11(16)8-17-12/h2-3,8,10H,4-7,9H2,1H3,(H,18,21). The van der Waals surface area contributed by atoms with Gasteiger partial charge in [-0.15, -0.1) is 0 Å². The minimum atomic E-state index is -0.646. The molecule has 2 fully saturated rings. The Bertz CT molecular complexity index is 599. The van der Waals surface area contributed by atoms with Crippen LogP contribution in [0.4, 0.5) is 4.39 Å². The summed E-state index contributed by atoms with van der Waals surface area (Å²) >= 11 is 0. The van der Waals surface area contributed by atoms with Crippen LogP contribution in [0.3, 0.4) is 0 Å². The molecule has 1 spiro atoms. The predicted octanol–water partition coefficient (Wildman–Crippen LogP) is 0.453. The van der Waals surface area contributed by atoms with Crippen molar-refractivity contribution in [2.75, 3.05) is 19.7 Å². The molecule has 0 aromatic carbocycles. The van der Waals surface area contributed by atoms with Crippen LogP contribution in [0.15, 0.2) is 18.3 Å². The van der Waals surface area contributed by atoms with Gasteiger partial charge in [0.1, 0.15) is 17.6 Å². The van der Waals surface area contributed by atoms with Gasteiger partial charge in [0.25, 0.3) is 11.8 Å². The number of amides is 2. The lowest BCUT2D eigenvalue weighted by Crippen LogP contribution is -2.53. The maximum absolute atomic E-state index is 12.7. The lowest BCUT2D eigenvalue weighted by molar-refractivity contribution is -0.140. The Morgan fingerprint density at radius 1 is 1.52 bits per heavy atom. The molecule has 0 saturated carbocycles. The Morgan fingerprint density at radius 3 is 2.83 bits per heavy atom. The van der Waals surface area contributed by atoms with Crippen molar-refractivity contribution in [1.82, 2.24) is 15.2 Å². The van der Waals surface area contributed by atoms with Crippen molar-refractivity contribution in [3.63, 3.8) is 0 Å². The summed E-state index contributed by atoms with van der Waals surface area (Å²) < 4.78 is 23.7. The van der Waals surface area contributed by atoms with Gasteiger partial charge >= 0.3 is 0 Å². The van der Waals surface area contributed by atoms with Crippen LogP contribution in [0, 0.1) is 5.82 Å². The van der Waals surface area contributed by atoms with E-state index >= 15 is 0 Å². The third-order valence-electron chi connectivity index (χ3n) is 4.09. The molecule has 7 nitrogen and oxygen atoms in total. The fourth-order valence-corrected chi connectivity index (χ4v) is 2.78. The Morgan fingerprint density at radius 2 is 2.26 bits per heavy atom. The van der Waals surface area contributed by atoms with Gasteiger partial charge in [-0.1, -0.05) is 0 Å². The second-order valence-electron chi connectivity index (χ2n) is 5.73. The molecule has 124 valence electrons. The average Bonchev–Trinajstić information content (AvgIpc) is 2.81. The highest BCUT2D eigenvalue weighted by Crippen LogP contribution is 2.29. The lowest BCUT2D eigenvalue weighted by Gasteiger charge is -2.38. The fraction of sp³-hybridized carbons (Fsp3) is 0.533. The first-order valence-electron chi connectivity index (χ1n) is 7.49. The van der Waals surface area contributed by atoms with Crippen LogP contribution in [0.1, 0.15) is 19.8 Å². The number of hydrogen-bond donors (Lipinski definition) is 1. The second kappa shape index (κ2) is 6.11. The molecule has 2 amide bonds. The molecule has 1 atom stereocenters. The molecule has 1 aromatic rings. The molecule has 0 radical (unpaired) electrons. The van der Waals surface area contributed by atoms with E-state index in [2.05, 4.69) is 10.3 Å². The first-order valence-corrected chi connectivity index (χ1v) is 7.49. The van der Waals surface area contributed by atoms with Crippen molar-refractivity contribution in [2.24, 2.45) is 0 Å². The molecule has 1 N–H and O–H groups in total. The fourth-order valence-electron chi connectivity index (χ4n) is 2.78. The van der Waals surface area contributed by atoms with E-state index in [1.54, 1.807) is 11.8 Å². The maximum Gasteiger partial charge on any atom is 0.260 e. The number of carbonyl (C=O) groups excluding carboxylic acids is 2. The second-order valence-corrected chi connectivity index (χ2v) is 5.73. The Kier molecular flexibility index (Phi) is 4.16. The summed E-state index contributed by atoms with van der Waals surface area (Å²) in [5.74, 6) is -0.551. The Balaban J connectivity index is 1.49. The molecule has 1 unspecified atom stereocenters. The summed E-state index contributed by atoms with van der Waals surface area (Å²) in [6.07, 6.45) is 1.67. The molecule has 2 aliphatic heterocycles. The molecule has 3 rings (SSSR count). The van der Waals surface area contributed by atoms with Crippen molar-refractivity contribution in [3.05, 3.63) is 24.1 Å². The van der Waals surface area contributed by atoms with Crippen molar-refractivity contribution < 1.29 is 23.5 Å². The van der Waals surface area contributed by atoms with E-state index in [4.69, 9.17) is 9.47 Å². The first-order chi connectivity index (χ1) is 11.0. The van der Waals surface area contributed by atoms with Gasteiger partial charge in [0.05, 0.1) is 6.20 Å². The number of pyridine rings is 1. The SMILES string of the molecule is CC1OC2(CCN(C(=O)COc3ccc(F)cn3)CC2)NC1=O. The number of carbonyl (C=O) groups is 2. The number of nitrogens with zero attached hydrogens (tertiary/aromatic N) is 2. The third-order valence-corrected chi connectivity index (χ3v) is 4.09. The molecule has 1 aromatic heterocycles. The minimum absolute atomic E-state index is 0.115. The van der Waals surface area contributed by atoms with Crippen molar-refractivity contribution in [2.45, 2.75) is 31.6 Å². The molecule has 8 heteroatoms. The highest BCUT2D eigenvalue weighted by atomic mass is 19.1. The van der Waals surface area contributed by atoms with Crippen molar-refractivity contribution in [1.29, 1.82) is 0 Å². The van der Waals surface area contributed by atoms with E-state index in [1.165, 1.54) is 12.1 Å². The lowest BCUT2D eigenvalue weighted by atomic mass is 10.0. The van der Waals surface area contributed by atoms with Crippen LogP contribution < -0.4 is 10.1 Å². The molecule has 0 aliphatic carbocycles. The highest BCUT2D eigenvalue weighted by molar-refractivity contribution is 5.83. The van der Waals surface area contributed by atoms with Gasteiger partial charge in [0.2, 0.25) is 5.88 Å². The number of rotatable bonds is 3. The maximum atomic E-state index is 12.7. The van der Waals surface area contributed by atoms with E-state index in [0.717, 1.165) is 6.20 Å². The molecular formula is C15H18FN3O4. The minimum Gasteiger partial charge on any atom is -0.468 e. The number of piperidine rings is 1. The third kappa shape index (κ3) is 3.42.